The molecular formula is C16H15BrN4O4S. The second-order valence-corrected chi connectivity index (χ2v) is 8.09. The quantitative estimate of drug-likeness (QED) is 0.606. The van der Waals surface area contributed by atoms with E-state index in [1.165, 1.54) is 6.20 Å². The van der Waals surface area contributed by atoms with Gasteiger partial charge in [0.15, 0.2) is 16.6 Å². The first-order valence-electron chi connectivity index (χ1n) is 7.92. The third-order valence-electron chi connectivity index (χ3n) is 4.04. The van der Waals surface area contributed by atoms with Gasteiger partial charge in [-0.15, -0.1) is 0 Å². The SMILES string of the molecule is O=C(Nc1nc(C(=O)O)c(Br)s1)Nc1ncccc1C(=O)C1CCCC1. The summed E-state index contributed by atoms with van der Waals surface area (Å²) in [6.45, 7) is 0. The maximum atomic E-state index is 12.6. The van der Waals surface area contributed by atoms with Gasteiger partial charge >= 0.3 is 12.0 Å². The van der Waals surface area contributed by atoms with E-state index in [0.717, 1.165) is 37.0 Å². The number of hydrogen-bond acceptors (Lipinski definition) is 6. The summed E-state index contributed by atoms with van der Waals surface area (Å²) in [6, 6.07) is 2.65. The minimum absolute atomic E-state index is 0.0175. The lowest BCUT2D eigenvalue weighted by atomic mass is 9.97. The lowest BCUT2D eigenvalue weighted by molar-refractivity contribution is 0.0690. The molecule has 0 radical (unpaired) electrons. The fourth-order valence-corrected chi connectivity index (χ4v) is 4.23. The number of amides is 2. The molecule has 0 atom stereocenters. The molecule has 0 unspecified atom stereocenters. The minimum atomic E-state index is -1.20. The summed E-state index contributed by atoms with van der Waals surface area (Å²) in [5, 5.41) is 14.1. The van der Waals surface area contributed by atoms with E-state index in [4.69, 9.17) is 5.11 Å². The van der Waals surface area contributed by atoms with Crippen LogP contribution in [0.15, 0.2) is 22.1 Å². The molecule has 26 heavy (non-hydrogen) atoms. The van der Waals surface area contributed by atoms with E-state index in [0.29, 0.717) is 9.35 Å². The van der Waals surface area contributed by atoms with Crippen molar-refractivity contribution in [3.05, 3.63) is 33.4 Å². The summed E-state index contributed by atoms with van der Waals surface area (Å²) in [6.07, 6.45) is 5.26. The Morgan fingerprint density at radius 2 is 1.96 bits per heavy atom. The lowest BCUT2D eigenvalue weighted by Gasteiger charge is -2.12. The van der Waals surface area contributed by atoms with E-state index in [-0.39, 0.29) is 28.3 Å². The number of pyridine rings is 1. The molecule has 2 aromatic rings. The number of carboxylic acid groups (broad SMARTS) is 1. The molecule has 0 aromatic carbocycles. The average Bonchev–Trinajstić information content (AvgIpc) is 3.24. The molecule has 0 aliphatic heterocycles. The molecule has 1 saturated carbocycles. The number of nitrogens with one attached hydrogen (secondary N) is 2. The van der Waals surface area contributed by atoms with Crippen LogP contribution < -0.4 is 10.6 Å². The molecule has 0 spiro atoms. The van der Waals surface area contributed by atoms with Crippen molar-refractivity contribution in [2.24, 2.45) is 5.92 Å². The van der Waals surface area contributed by atoms with Gasteiger partial charge in [0.2, 0.25) is 0 Å². The van der Waals surface area contributed by atoms with Crippen LogP contribution in [0.3, 0.4) is 0 Å². The first-order valence-corrected chi connectivity index (χ1v) is 9.53. The maximum absolute atomic E-state index is 12.6. The van der Waals surface area contributed by atoms with Gasteiger partial charge in [-0.3, -0.25) is 15.4 Å². The molecule has 8 nitrogen and oxygen atoms in total. The summed E-state index contributed by atoms with van der Waals surface area (Å²) < 4.78 is 0.301. The molecule has 1 fully saturated rings. The highest BCUT2D eigenvalue weighted by Crippen LogP contribution is 2.30. The van der Waals surface area contributed by atoms with Crippen molar-refractivity contribution in [3.63, 3.8) is 0 Å². The third-order valence-corrected chi connectivity index (χ3v) is 5.66. The second kappa shape index (κ2) is 7.92. The number of thiazole rings is 1. The Kier molecular flexibility index (Phi) is 5.62. The number of carboxylic acids is 1. The average molecular weight is 439 g/mol. The zero-order chi connectivity index (χ0) is 18.7. The highest BCUT2D eigenvalue weighted by atomic mass is 79.9. The van der Waals surface area contributed by atoms with E-state index in [9.17, 15) is 14.4 Å². The first-order chi connectivity index (χ1) is 12.5. The first kappa shape index (κ1) is 18.5. The number of ketones is 1. The Bertz CT molecular complexity index is 864. The molecule has 136 valence electrons. The number of halogens is 1. The Balaban J connectivity index is 1.72. The van der Waals surface area contributed by atoms with Crippen LogP contribution in [0.5, 0.6) is 0 Å². The van der Waals surface area contributed by atoms with Crippen molar-refractivity contribution in [2.75, 3.05) is 10.6 Å². The smallest absolute Gasteiger partial charge is 0.356 e. The largest absolute Gasteiger partial charge is 0.476 e. The van der Waals surface area contributed by atoms with Crippen LogP contribution in [-0.4, -0.2) is 32.9 Å². The topological polar surface area (TPSA) is 121 Å². The summed E-state index contributed by atoms with van der Waals surface area (Å²) in [5.41, 5.74) is 0.196. The van der Waals surface area contributed by atoms with Crippen molar-refractivity contribution in [1.82, 2.24) is 9.97 Å². The van der Waals surface area contributed by atoms with Crippen molar-refractivity contribution < 1.29 is 19.5 Å². The van der Waals surface area contributed by atoms with E-state index in [1.54, 1.807) is 12.1 Å². The molecule has 0 bridgehead atoms. The predicted octanol–water partition coefficient (Wildman–Crippen LogP) is 4.02. The Hall–Kier alpha value is -2.33. The zero-order valence-corrected chi connectivity index (χ0v) is 15.9. The number of hydrogen-bond donors (Lipinski definition) is 3. The Morgan fingerprint density at radius 3 is 2.62 bits per heavy atom. The molecule has 2 amide bonds. The standard InChI is InChI=1S/C16H15BrN4O4S/c17-12-10(14(23)24)19-16(26-12)21-15(25)20-13-9(6-3-7-18-13)11(22)8-4-1-2-5-8/h3,6-8H,1-2,4-5H2,(H,23,24)(H2,18,19,20,21,25). The van der Waals surface area contributed by atoms with Crippen LogP contribution in [0.4, 0.5) is 15.7 Å². The predicted molar refractivity (Wildman–Crippen MR) is 99.9 cm³/mol. The van der Waals surface area contributed by atoms with Crippen LogP contribution in [0, 0.1) is 5.92 Å². The van der Waals surface area contributed by atoms with Gasteiger partial charge in [0.25, 0.3) is 0 Å². The fraction of sp³-hybridized carbons (Fsp3) is 0.312. The van der Waals surface area contributed by atoms with Crippen LogP contribution >= 0.6 is 27.3 Å². The van der Waals surface area contributed by atoms with Gasteiger partial charge in [0.05, 0.1) is 5.56 Å². The third kappa shape index (κ3) is 4.07. The minimum Gasteiger partial charge on any atom is -0.476 e. The van der Waals surface area contributed by atoms with E-state index in [1.807, 2.05) is 0 Å². The van der Waals surface area contributed by atoms with Gasteiger partial charge in [-0.05, 0) is 40.9 Å². The van der Waals surface area contributed by atoms with Crippen molar-refractivity contribution >= 4 is 56.0 Å². The van der Waals surface area contributed by atoms with Gasteiger partial charge in [-0.1, -0.05) is 24.2 Å². The van der Waals surface area contributed by atoms with Gasteiger partial charge < -0.3 is 5.11 Å². The fourth-order valence-electron chi connectivity index (χ4n) is 2.83. The summed E-state index contributed by atoms with van der Waals surface area (Å²) in [7, 11) is 0. The van der Waals surface area contributed by atoms with E-state index in [2.05, 4.69) is 36.5 Å². The molecule has 2 heterocycles. The maximum Gasteiger partial charge on any atom is 0.356 e. The van der Waals surface area contributed by atoms with Crippen LogP contribution in [0.1, 0.15) is 46.5 Å². The Labute approximate surface area is 161 Å². The number of aromatic nitrogens is 2. The van der Waals surface area contributed by atoms with Crippen molar-refractivity contribution in [3.8, 4) is 0 Å². The van der Waals surface area contributed by atoms with Crippen LogP contribution in [0.25, 0.3) is 0 Å². The number of anilines is 2. The summed E-state index contributed by atoms with van der Waals surface area (Å²) in [4.78, 5) is 43.7. The van der Waals surface area contributed by atoms with Crippen molar-refractivity contribution in [2.45, 2.75) is 25.7 Å². The number of carbonyl (C=O) groups is 3. The van der Waals surface area contributed by atoms with Crippen LogP contribution in [-0.2, 0) is 0 Å². The molecule has 2 aromatic heterocycles. The number of rotatable bonds is 5. The molecule has 10 heteroatoms. The summed E-state index contributed by atoms with van der Waals surface area (Å²) in [5.74, 6) is -1.07. The molecule has 1 aliphatic carbocycles. The van der Waals surface area contributed by atoms with E-state index < -0.39 is 12.0 Å². The number of urea groups is 1. The van der Waals surface area contributed by atoms with Gasteiger partial charge in [-0.25, -0.2) is 19.6 Å². The highest BCUT2D eigenvalue weighted by molar-refractivity contribution is 9.11. The lowest BCUT2D eigenvalue weighted by Crippen LogP contribution is -2.23. The normalized spacial score (nSPS) is 14.2. The number of aromatic carboxylic acids is 1. The summed E-state index contributed by atoms with van der Waals surface area (Å²) >= 11 is 4.07. The van der Waals surface area contributed by atoms with Gasteiger partial charge in [0.1, 0.15) is 9.60 Å². The molecule has 0 saturated heterocycles. The van der Waals surface area contributed by atoms with Gasteiger partial charge in [-0.2, -0.15) is 0 Å². The Morgan fingerprint density at radius 1 is 1.23 bits per heavy atom. The molecule has 1 aliphatic rings. The monoisotopic (exact) mass is 438 g/mol. The second-order valence-electron chi connectivity index (χ2n) is 5.77. The zero-order valence-electron chi connectivity index (χ0n) is 13.5. The molecular weight excluding hydrogens is 424 g/mol. The molecule has 3 rings (SSSR count). The van der Waals surface area contributed by atoms with Gasteiger partial charge in [0, 0.05) is 12.1 Å². The number of carbonyl (C=O) groups excluding carboxylic acids is 2. The number of Topliss-reactive ketones (excluding diaryl/α,β-unsaturated/α-hetero) is 1. The highest BCUT2D eigenvalue weighted by Gasteiger charge is 2.26. The van der Waals surface area contributed by atoms with Crippen LogP contribution in [0.2, 0.25) is 0 Å². The molecule has 3 N–H and O–H groups in total. The van der Waals surface area contributed by atoms with Crippen molar-refractivity contribution in [1.29, 1.82) is 0 Å². The number of nitrogens with zero attached hydrogens (tertiary/aromatic N) is 2. The van der Waals surface area contributed by atoms with E-state index >= 15 is 0 Å².